The molecular weight excluding hydrogens is 300 g/mol. The van der Waals surface area contributed by atoms with Gasteiger partial charge in [-0.3, -0.25) is 0 Å². The summed E-state index contributed by atoms with van der Waals surface area (Å²) in [5.74, 6) is 0. The van der Waals surface area contributed by atoms with Gasteiger partial charge in [-0.2, -0.15) is 0 Å². The molecule has 21 heavy (non-hydrogen) atoms. The average Bonchev–Trinajstić information content (AvgIpc) is 1.83. The Morgan fingerprint density at radius 3 is 0.905 bits per heavy atom. The van der Waals surface area contributed by atoms with Gasteiger partial charge in [0, 0.05) is 0 Å². The first-order valence-corrected chi connectivity index (χ1v) is 10.9. The van der Waals surface area contributed by atoms with E-state index in [0.29, 0.717) is 0 Å². The van der Waals surface area contributed by atoms with E-state index in [1.54, 1.807) is 0 Å². The summed E-state index contributed by atoms with van der Waals surface area (Å²) < 4.78 is 13.4. The molecule has 0 unspecified atom stereocenters. The van der Waals surface area contributed by atoms with Crippen molar-refractivity contribution in [2.24, 2.45) is 10.8 Å². The molecule has 0 amide bonds. The molecule has 0 heterocycles. The molecule has 130 valence electrons. The van der Waals surface area contributed by atoms with Gasteiger partial charge in [0.1, 0.15) is 0 Å². The van der Waals surface area contributed by atoms with Crippen LogP contribution in [0.25, 0.3) is 0 Å². The van der Waals surface area contributed by atoms with Crippen molar-refractivity contribution in [3.8, 4) is 0 Å². The van der Waals surface area contributed by atoms with E-state index in [-0.39, 0.29) is 22.0 Å². The fraction of sp³-hybridized carbons (Fsp3) is 1.00. The molecule has 0 aliphatic rings. The molecule has 0 spiro atoms. The summed E-state index contributed by atoms with van der Waals surface area (Å²) in [5, 5.41) is 2.07. The fourth-order valence-electron chi connectivity index (χ4n) is 2.42. The summed E-state index contributed by atoms with van der Waals surface area (Å²) >= 11 is -2.56. The first kappa shape index (κ1) is 21.5. The van der Waals surface area contributed by atoms with Crippen LogP contribution in [0, 0.1) is 10.8 Å². The second kappa shape index (κ2) is 6.52. The molecule has 0 aromatic rings. The van der Waals surface area contributed by atoms with Crippen molar-refractivity contribution in [1.29, 1.82) is 0 Å². The normalized spacial score (nSPS) is 16.2. The Morgan fingerprint density at radius 2 is 0.762 bits per heavy atom. The monoisotopic (exact) mass is 340 g/mol. The van der Waals surface area contributed by atoms with E-state index >= 15 is 0 Å². The van der Waals surface area contributed by atoms with Crippen LogP contribution >= 0.6 is 0 Å². The first-order valence-electron chi connectivity index (χ1n) is 8.03. The Kier molecular flexibility index (Phi) is 6.66. The minimum atomic E-state index is -2.56. The predicted molar refractivity (Wildman–Crippen MR) is 90.2 cm³/mol. The minimum absolute atomic E-state index is 0.165. The van der Waals surface area contributed by atoms with Crippen molar-refractivity contribution in [3.63, 3.8) is 0 Å². The van der Waals surface area contributed by atoms with E-state index < -0.39 is 13.7 Å². The van der Waals surface area contributed by atoms with Crippen LogP contribution < -0.4 is 0 Å². The zero-order chi connectivity index (χ0) is 17.3. The van der Waals surface area contributed by atoms with Crippen molar-refractivity contribution < 1.29 is 21.3 Å². The Morgan fingerprint density at radius 1 is 0.524 bits per heavy atom. The maximum atomic E-state index is 6.69. The zero-order valence-corrected chi connectivity index (χ0v) is 17.9. The topological polar surface area (TPSA) is 18.5 Å². The average molecular weight is 341 g/mol. The van der Waals surface area contributed by atoms with Gasteiger partial charge in [0.25, 0.3) is 0 Å². The second-order valence-corrected chi connectivity index (χ2v) is 14.3. The van der Waals surface area contributed by atoms with Gasteiger partial charge in [0.05, 0.1) is 0 Å². The molecule has 0 rings (SSSR count). The zero-order valence-electron chi connectivity index (χ0n) is 16.6. The molecule has 0 saturated heterocycles. The third-order valence-electron chi connectivity index (χ3n) is 2.11. The third kappa shape index (κ3) is 11.6. The summed E-state index contributed by atoms with van der Waals surface area (Å²) in [6.45, 7) is 26.6. The van der Waals surface area contributed by atoms with Crippen LogP contribution in [0.2, 0.25) is 10.6 Å². The standard InChI is InChI=1S/2C5H11.2C4H9O.Cr/c2*1-5(2,3)4;2*1-4(2,3)5;/h2*1H2,2-4H3;2*1-3H3;/q;;2*-1;+2. The van der Waals surface area contributed by atoms with E-state index in [1.807, 2.05) is 0 Å². The van der Waals surface area contributed by atoms with E-state index in [2.05, 4.69) is 83.1 Å². The van der Waals surface area contributed by atoms with Gasteiger partial charge in [0.2, 0.25) is 0 Å². The van der Waals surface area contributed by atoms with Gasteiger partial charge in [-0.15, -0.1) is 0 Å². The van der Waals surface area contributed by atoms with Crippen LogP contribution in [0.15, 0.2) is 0 Å². The molecule has 0 saturated carbocycles. The molecule has 0 aliphatic carbocycles. The van der Waals surface area contributed by atoms with Crippen LogP contribution in [-0.2, 0) is 21.3 Å². The molecule has 0 aromatic heterocycles. The summed E-state index contributed by atoms with van der Waals surface area (Å²) in [4.78, 5) is 0. The summed E-state index contributed by atoms with van der Waals surface area (Å²) in [6, 6.07) is 0. The van der Waals surface area contributed by atoms with Crippen molar-refractivity contribution in [3.05, 3.63) is 0 Å². The number of hydrogen-bond acceptors (Lipinski definition) is 2. The Bertz CT molecular complexity index is 252. The van der Waals surface area contributed by atoms with E-state index in [0.717, 1.165) is 10.6 Å². The SMILES string of the molecule is CC(C)(C)[CH2][Cr]([CH2]C(C)(C)C)([O]C(C)(C)C)[O]C(C)(C)C. The fourth-order valence-corrected chi connectivity index (χ4v) is 9.96. The predicted octanol–water partition coefficient (Wildman–Crippen LogP) is 6.53. The maximum absolute atomic E-state index is 6.69. The van der Waals surface area contributed by atoms with Gasteiger partial charge in [-0.1, -0.05) is 0 Å². The molecule has 2 nitrogen and oxygen atoms in total. The number of rotatable bonds is 4. The Hall–Kier alpha value is 0.452. The van der Waals surface area contributed by atoms with Crippen molar-refractivity contribution in [1.82, 2.24) is 0 Å². The van der Waals surface area contributed by atoms with Crippen LogP contribution in [0.5, 0.6) is 0 Å². The molecule has 0 fully saturated rings. The molecule has 0 radical (unpaired) electrons. The molecular formula is C18H40CrO2. The summed E-state index contributed by atoms with van der Waals surface area (Å²) in [7, 11) is 0. The van der Waals surface area contributed by atoms with Gasteiger partial charge >= 0.3 is 137 Å². The Balaban J connectivity index is 5.70. The van der Waals surface area contributed by atoms with Gasteiger partial charge in [0.15, 0.2) is 0 Å². The van der Waals surface area contributed by atoms with E-state index in [4.69, 9.17) is 7.58 Å². The van der Waals surface area contributed by atoms with Crippen molar-refractivity contribution >= 4 is 0 Å². The molecule has 0 N–H and O–H groups in total. The van der Waals surface area contributed by atoms with Crippen molar-refractivity contribution in [2.45, 2.75) is 105 Å². The molecule has 3 heteroatoms. The second-order valence-electron chi connectivity index (χ2n) is 10.5. The number of hydrogen-bond donors (Lipinski definition) is 0. The van der Waals surface area contributed by atoms with Crippen LogP contribution in [0.3, 0.4) is 0 Å². The third-order valence-corrected chi connectivity index (χ3v) is 8.70. The first-order chi connectivity index (χ1) is 8.83. The van der Waals surface area contributed by atoms with Crippen LogP contribution in [-0.4, -0.2) is 11.2 Å². The Labute approximate surface area is 137 Å². The van der Waals surface area contributed by atoms with Gasteiger partial charge < -0.3 is 0 Å². The van der Waals surface area contributed by atoms with Crippen molar-refractivity contribution in [2.75, 3.05) is 0 Å². The van der Waals surface area contributed by atoms with Crippen LogP contribution in [0.4, 0.5) is 0 Å². The molecule has 0 bridgehead atoms. The quantitative estimate of drug-likeness (QED) is 0.579. The molecule has 0 aliphatic heterocycles. The van der Waals surface area contributed by atoms with Gasteiger partial charge in [-0.05, 0) is 0 Å². The summed E-state index contributed by atoms with van der Waals surface area (Å²) in [6.07, 6.45) is 0. The molecule has 0 atom stereocenters. The van der Waals surface area contributed by atoms with Crippen LogP contribution in [0.1, 0.15) is 83.1 Å². The molecule has 0 aromatic carbocycles. The van der Waals surface area contributed by atoms with E-state index in [1.165, 1.54) is 0 Å². The van der Waals surface area contributed by atoms with E-state index in [9.17, 15) is 0 Å². The van der Waals surface area contributed by atoms with Gasteiger partial charge in [-0.25, -0.2) is 0 Å². The summed E-state index contributed by atoms with van der Waals surface area (Å²) in [5.41, 5.74) is 0.0903.